The molecule has 4 rings (SSSR count). The molecule has 0 aliphatic carbocycles. The summed E-state index contributed by atoms with van der Waals surface area (Å²) in [4.78, 5) is 12.3. The minimum absolute atomic E-state index is 0.179. The summed E-state index contributed by atoms with van der Waals surface area (Å²) in [7, 11) is 0. The van der Waals surface area contributed by atoms with Crippen LogP contribution >= 0.6 is 0 Å². The van der Waals surface area contributed by atoms with Crippen molar-refractivity contribution in [3.05, 3.63) is 65.0 Å². The normalized spacial score (nSPS) is 11.9. The van der Waals surface area contributed by atoms with Crippen molar-refractivity contribution in [2.24, 2.45) is 0 Å². The SMILES string of the molecule is Cc1noc(C)c1COc1ccc(C(=O)NCCOc2ccc3c(c2)OCO3)cc1. The highest BCUT2D eigenvalue weighted by Gasteiger charge is 2.14. The molecule has 0 spiro atoms. The number of hydrogen-bond donors (Lipinski definition) is 1. The van der Waals surface area contributed by atoms with Crippen molar-refractivity contribution < 1.29 is 28.3 Å². The molecule has 0 atom stereocenters. The van der Waals surface area contributed by atoms with E-state index >= 15 is 0 Å². The maximum atomic E-state index is 12.3. The van der Waals surface area contributed by atoms with Crippen LogP contribution in [0.5, 0.6) is 23.0 Å². The van der Waals surface area contributed by atoms with Crippen LogP contribution in [0.1, 0.15) is 27.4 Å². The van der Waals surface area contributed by atoms with E-state index in [1.807, 2.05) is 13.8 Å². The zero-order chi connectivity index (χ0) is 20.9. The molecule has 0 saturated heterocycles. The molecule has 0 saturated carbocycles. The lowest BCUT2D eigenvalue weighted by molar-refractivity contribution is 0.0947. The summed E-state index contributed by atoms with van der Waals surface area (Å²) in [5.74, 6) is 3.25. The van der Waals surface area contributed by atoms with Crippen LogP contribution in [-0.4, -0.2) is 31.0 Å². The number of aryl methyl sites for hydroxylation is 2. The van der Waals surface area contributed by atoms with Crippen molar-refractivity contribution in [2.75, 3.05) is 19.9 Å². The van der Waals surface area contributed by atoms with E-state index < -0.39 is 0 Å². The minimum atomic E-state index is -0.179. The van der Waals surface area contributed by atoms with Crippen molar-refractivity contribution >= 4 is 5.91 Å². The number of aromatic nitrogens is 1. The average molecular weight is 410 g/mol. The van der Waals surface area contributed by atoms with Crippen molar-refractivity contribution in [1.29, 1.82) is 0 Å². The van der Waals surface area contributed by atoms with Crippen LogP contribution in [0.3, 0.4) is 0 Å². The fourth-order valence-corrected chi connectivity index (χ4v) is 2.97. The molecule has 0 bridgehead atoms. The predicted octanol–water partition coefficient (Wildman–Crippen LogP) is 3.41. The smallest absolute Gasteiger partial charge is 0.251 e. The fourth-order valence-electron chi connectivity index (χ4n) is 2.97. The minimum Gasteiger partial charge on any atom is -0.492 e. The number of nitrogens with zero attached hydrogens (tertiary/aromatic N) is 1. The quantitative estimate of drug-likeness (QED) is 0.569. The van der Waals surface area contributed by atoms with Crippen LogP contribution in [0.15, 0.2) is 47.0 Å². The van der Waals surface area contributed by atoms with E-state index in [4.69, 9.17) is 23.5 Å². The number of amides is 1. The lowest BCUT2D eigenvalue weighted by Gasteiger charge is -2.09. The summed E-state index contributed by atoms with van der Waals surface area (Å²) in [6, 6.07) is 12.3. The van der Waals surface area contributed by atoms with Gasteiger partial charge in [-0.05, 0) is 50.2 Å². The van der Waals surface area contributed by atoms with Gasteiger partial charge in [0.25, 0.3) is 5.91 Å². The van der Waals surface area contributed by atoms with Gasteiger partial charge >= 0.3 is 0 Å². The summed E-state index contributed by atoms with van der Waals surface area (Å²) < 4.78 is 27.1. The standard InChI is InChI=1S/C22H22N2O6/c1-14-19(15(2)30-24-14)12-27-17-5-3-16(4-6-17)22(25)23-9-10-26-18-7-8-20-21(11-18)29-13-28-20/h3-8,11H,9-10,12-13H2,1-2H3,(H,23,25). The van der Waals surface area contributed by atoms with Crippen LogP contribution in [-0.2, 0) is 6.61 Å². The van der Waals surface area contributed by atoms with Gasteiger partial charge in [-0.3, -0.25) is 4.79 Å². The summed E-state index contributed by atoms with van der Waals surface area (Å²) >= 11 is 0. The van der Waals surface area contributed by atoms with Gasteiger partial charge in [0.1, 0.15) is 30.5 Å². The van der Waals surface area contributed by atoms with Crippen molar-refractivity contribution in [3.63, 3.8) is 0 Å². The second-order valence-corrected chi connectivity index (χ2v) is 6.74. The largest absolute Gasteiger partial charge is 0.492 e. The van der Waals surface area contributed by atoms with Gasteiger partial charge < -0.3 is 28.8 Å². The number of rotatable bonds is 8. The monoisotopic (exact) mass is 410 g/mol. The first-order valence-electron chi connectivity index (χ1n) is 9.55. The highest BCUT2D eigenvalue weighted by Crippen LogP contribution is 2.35. The lowest BCUT2D eigenvalue weighted by atomic mass is 10.2. The highest BCUT2D eigenvalue weighted by molar-refractivity contribution is 5.94. The Morgan fingerprint density at radius 3 is 2.57 bits per heavy atom. The molecule has 2 heterocycles. The van der Waals surface area contributed by atoms with E-state index in [2.05, 4.69) is 10.5 Å². The first kappa shape index (κ1) is 19.6. The zero-order valence-corrected chi connectivity index (χ0v) is 16.8. The van der Waals surface area contributed by atoms with Gasteiger partial charge in [0.05, 0.1) is 17.8 Å². The molecule has 8 heteroatoms. The Morgan fingerprint density at radius 1 is 1.03 bits per heavy atom. The number of benzene rings is 2. The van der Waals surface area contributed by atoms with Gasteiger partial charge in [-0.1, -0.05) is 5.16 Å². The summed E-state index contributed by atoms with van der Waals surface area (Å²) in [6.07, 6.45) is 0. The molecule has 8 nitrogen and oxygen atoms in total. The van der Waals surface area contributed by atoms with Gasteiger partial charge in [0.15, 0.2) is 11.5 Å². The zero-order valence-electron chi connectivity index (χ0n) is 16.8. The van der Waals surface area contributed by atoms with E-state index in [9.17, 15) is 4.79 Å². The summed E-state index contributed by atoms with van der Waals surface area (Å²) in [6.45, 7) is 5.02. The van der Waals surface area contributed by atoms with Crippen LogP contribution < -0.4 is 24.3 Å². The summed E-state index contributed by atoms with van der Waals surface area (Å²) in [5.41, 5.74) is 2.29. The summed E-state index contributed by atoms with van der Waals surface area (Å²) in [5, 5.41) is 6.73. The van der Waals surface area contributed by atoms with E-state index in [0.29, 0.717) is 48.3 Å². The number of carbonyl (C=O) groups is 1. The number of carbonyl (C=O) groups excluding carboxylic acids is 1. The second-order valence-electron chi connectivity index (χ2n) is 6.74. The Morgan fingerprint density at radius 2 is 1.80 bits per heavy atom. The molecule has 30 heavy (non-hydrogen) atoms. The van der Waals surface area contributed by atoms with E-state index in [1.54, 1.807) is 42.5 Å². The Balaban J connectivity index is 1.22. The second kappa shape index (κ2) is 8.77. The number of fused-ring (bicyclic) bond motifs is 1. The molecule has 2 aromatic carbocycles. The van der Waals surface area contributed by atoms with E-state index in [-0.39, 0.29) is 12.7 Å². The molecule has 0 fully saturated rings. The highest BCUT2D eigenvalue weighted by atomic mass is 16.7. The number of nitrogens with one attached hydrogen (secondary N) is 1. The van der Waals surface area contributed by atoms with Gasteiger partial charge in [-0.15, -0.1) is 0 Å². The van der Waals surface area contributed by atoms with Crippen LogP contribution in [0, 0.1) is 13.8 Å². The Kier molecular flexibility index (Phi) is 5.74. The third-order valence-electron chi connectivity index (χ3n) is 4.68. The molecular weight excluding hydrogens is 388 g/mol. The molecule has 1 N–H and O–H groups in total. The number of hydrogen-bond acceptors (Lipinski definition) is 7. The van der Waals surface area contributed by atoms with Crippen molar-refractivity contribution in [1.82, 2.24) is 10.5 Å². The van der Waals surface area contributed by atoms with Crippen molar-refractivity contribution in [2.45, 2.75) is 20.5 Å². The average Bonchev–Trinajstić information content (AvgIpc) is 3.35. The molecule has 3 aromatic rings. The Bertz CT molecular complexity index is 1010. The molecule has 0 radical (unpaired) electrons. The third kappa shape index (κ3) is 4.48. The molecule has 1 aromatic heterocycles. The molecule has 0 unspecified atom stereocenters. The first-order chi connectivity index (χ1) is 14.6. The fraction of sp³-hybridized carbons (Fsp3) is 0.273. The van der Waals surface area contributed by atoms with E-state index in [1.165, 1.54) is 0 Å². The van der Waals surface area contributed by atoms with Gasteiger partial charge in [-0.25, -0.2) is 0 Å². The van der Waals surface area contributed by atoms with Gasteiger partial charge in [0, 0.05) is 11.6 Å². The maximum absolute atomic E-state index is 12.3. The van der Waals surface area contributed by atoms with E-state index in [0.717, 1.165) is 17.0 Å². The van der Waals surface area contributed by atoms with Crippen LogP contribution in [0.4, 0.5) is 0 Å². The number of ether oxygens (including phenoxy) is 4. The third-order valence-corrected chi connectivity index (χ3v) is 4.68. The van der Waals surface area contributed by atoms with Crippen LogP contribution in [0.2, 0.25) is 0 Å². The topological polar surface area (TPSA) is 92.1 Å². The Hall–Kier alpha value is -3.68. The maximum Gasteiger partial charge on any atom is 0.251 e. The lowest BCUT2D eigenvalue weighted by Crippen LogP contribution is -2.28. The first-order valence-corrected chi connectivity index (χ1v) is 9.55. The molecule has 1 aliphatic heterocycles. The molecule has 156 valence electrons. The molecular formula is C22H22N2O6. The molecule has 1 amide bonds. The predicted molar refractivity (Wildman–Crippen MR) is 107 cm³/mol. The van der Waals surface area contributed by atoms with Crippen LogP contribution in [0.25, 0.3) is 0 Å². The van der Waals surface area contributed by atoms with Gasteiger partial charge in [-0.2, -0.15) is 0 Å². The molecule has 1 aliphatic rings. The van der Waals surface area contributed by atoms with Crippen molar-refractivity contribution in [3.8, 4) is 23.0 Å². The van der Waals surface area contributed by atoms with Gasteiger partial charge in [0.2, 0.25) is 6.79 Å². The Labute approximate surface area is 173 Å².